The van der Waals surface area contributed by atoms with Gasteiger partial charge in [0.05, 0.1) is 28.1 Å². The molecule has 2 heterocycles. The van der Waals surface area contributed by atoms with E-state index in [1.165, 1.54) is 33.0 Å². The number of rotatable bonds is 11. The van der Waals surface area contributed by atoms with Crippen LogP contribution in [0.25, 0.3) is 95.2 Å². The third-order valence-corrected chi connectivity index (χ3v) is 12.7. The average molecular weight is 886 g/mol. The molecule has 2 aromatic heterocycles. The molecule has 0 atom stereocenters. The Morgan fingerprint density at radius 3 is 1.58 bits per heavy atom. The summed E-state index contributed by atoms with van der Waals surface area (Å²) in [5.74, 6) is 1.80. The lowest BCUT2D eigenvalue weighted by Crippen LogP contribution is -2.04. The van der Waals surface area contributed by atoms with Crippen molar-refractivity contribution in [3.05, 3.63) is 265 Å². The molecule has 9 aromatic carbocycles. The minimum atomic E-state index is 0.581. The molecular weight excluding hydrogens is 839 g/mol. The van der Waals surface area contributed by atoms with Crippen LogP contribution in [0, 0.1) is 6.92 Å². The summed E-state index contributed by atoms with van der Waals surface area (Å²) < 4.78 is 2.43. The fraction of sp³-hybridized carbons (Fsp3) is 0.0312. The van der Waals surface area contributed by atoms with E-state index >= 15 is 0 Å². The molecule has 0 radical (unpaired) electrons. The smallest absolute Gasteiger partial charge is 0.164 e. The monoisotopic (exact) mass is 885 g/mol. The van der Waals surface area contributed by atoms with E-state index in [1.807, 2.05) is 109 Å². The van der Waals surface area contributed by atoms with Gasteiger partial charge in [-0.25, -0.2) is 19.9 Å². The first kappa shape index (κ1) is 42.6. The molecule has 0 amide bonds. The highest BCUT2D eigenvalue weighted by atomic mass is 15.0. The van der Waals surface area contributed by atoms with Crippen molar-refractivity contribution in [1.82, 2.24) is 19.5 Å². The standard InChI is InChI=1S/C64H47N5/c1-43-32-38-55-60(40-43)69(59-31-19-30-54(61(55)59)49-35-33-48(34-36-49)47-22-11-5-12-23-47)58-39-37-53(64-67-62(51-26-15-7-16-27-51)66-63(68-64)52-28-17-8-18-29-52)42-56(58)44(2)41-57(50-24-13-6-14-25-50)65-45(3)46-20-9-4-10-21-46/h4-42H,3H2,1-2H3/b44-41+,65-57?. The van der Waals surface area contributed by atoms with Gasteiger partial charge in [0.2, 0.25) is 0 Å². The maximum Gasteiger partial charge on any atom is 0.164 e. The number of aromatic nitrogens is 4. The molecule has 5 nitrogen and oxygen atoms in total. The summed E-state index contributed by atoms with van der Waals surface area (Å²) in [7, 11) is 0. The molecule has 0 fully saturated rings. The largest absolute Gasteiger partial charge is 0.309 e. The van der Waals surface area contributed by atoms with Crippen molar-refractivity contribution in [2.45, 2.75) is 13.8 Å². The Kier molecular flexibility index (Phi) is 11.5. The third-order valence-electron chi connectivity index (χ3n) is 12.7. The molecule has 0 unspecified atom stereocenters. The number of aryl methyl sites for hydroxylation is 1. The van der Waals surface area contributed by atoms with Gasteiger partial charge in [-0.05, 0) is 89.2 Å². The second kappa shape index (κ2) is 18.7. The van der Waals surface area contributed by atoms with Gasteiger partial charge in [-0.3, -0.25) is 0 Å². The summed E-state index contributed by atoms with van der Waals surface area (Å²) in [5, 5.41) is 2.37. The van der Waals surface area contributed by atoms with Gasteiger partial charge in [0, 0.05) is 38.6 Å². The van der Waals surface area contributed by atoms with Gasteiger partial charge in [0.15, 0.2) is 17.5 Å². The molecule has 0 saturated carbocycles. The van der Waals surface area contributed by atoms with Crippen molar-refractivity contribution in [1.29, 1.82) is 0 Å². The van der Waals surface area contributed by atoms with E-state index in [9.17, 15) is 0 Å². The predicted molar refractivity (Wildman–Crippen MR) is 288 cm³/mol. The van der Waals surface area contributed by atoms with Crippen molar-refractivity contribution >= 4 is 38.8 Å². The maximum atomic E-state index is 5.23. The van der Waals surface area contributed by atoms with Gasteiger partial charge < -0.3 is 4.57 Å². The summed E-state index contributed by atoms with van der Waals surface area (Å²) in [6.07, 6.45) is 2.18. The zero-order valence-corrected chi connectivity index (χ0v) is 38.5. The lowest BCUT2D eigenvalue weighted by Gasteiger charge is -2.17. The van der Waals surface area contributed by atoms with Crippen LogP contribution in [0.1, 0.15) is 29.2 Å². The van der Waals surface area contributed by atoms with E-state index < -0.39 is 0 Å². The molecule has 69 heavy (non-hydrogen) atoms. The third kappa shape index (κ3) is 8.61. The van der Waals surface area contributed by atoms with Gasteiger partial charge >= 0.3 is 0 Å². The molecule has 11 aromatic rings. The fourth-order valence-corrected chi connectivity index (χ4v) is 9.19. The molecule has 0 aliphatic rings. The van der Waals surface area contributed by atoms with Gasteiger partial charge in [-0.1, -0.05) is 207 Å². The molecule has 0 bridgehead atoms. The topological polar surface area (TPSA) is 56.0 Å². The van der Waals surface area contributed by atoms with Crippen molar-refractivity contribution in [2.24, 2.45) is 4.99 Å². The second-order valence-electron chi connectivity index (χ2n) is 17.3. The Balaban J connectivity index is 1.15. The molecule has 11 rings (SSSR count). The molecule has 328 valence electrons. The summed E-state index contributed by atoms with van der Waals surface area (Å²) >= 11 is 0. The van der Waals surface area contributed by atoms with E-state index in [0.29, 0.717) is 23.2 Å². The Morgan fingerprint density at radius 1 is 0.464 bits per heavy atom. The number of nitrogens with zero attached hydrogens (tertiary/aromatic N) is 5. The Labute approximate surface area is 402 Å². The van der Waals surface area contributed by atoms with E-state index in [1.54, 1.807) is 0 Å². The van der Waals surface area contributed by atoms with Crippen LogP contribution in [0.15, 0.2) is 248 Å². The van der Waals surface area contributed by atoms with Crippen molar-refractivity contribution in [3.8, 4) is 62.1 Å². The fourth-order valence-electron chi connectivity index (χ4n) is 9.19. The minimum Gasteiger partial charge on any atom is -0.309 e. The van der Waals surface area contributed by atoms with Crippen LogP contribution in [-0.2, 0) is 0 Å². The Bertz CT molecular complexity index is 3650. The van der Waals surface area contributed by atoms with E-state index in [4.69, 9.17) is 19.9 Å². The van der Waals surface area contributed by atoms with Crippen LogP contribution in [0.4, 0.5) is 0 Å². The zero-order chi connectivity index (χ0) is 46.7. The molecule has 0 aliphatic heterocycles. The highest BCUT2D eigenvalue weighted by molar-refractivity contribution is 6.17. The van der Waals surface area contributed by atoms with E-state index in [2.05, 4.69) is 152 Å². The van der Waals surface area contributed by atoms with Crippen LogP contribution < -0.4 is 0 Å². The molecular formula is C64H47N5. The number of benzene rings is 9. The van der Waals surface area contributed by atoms with Gasteiger partial charge in [-0.2, -0.15) is 0 Å². The van der Waals surface area contributed by atoms with Crippen molar-refractivity contribution in [3.63, 3.8) is 0 Å². The molecule has 0 aliphatic carbocycles. The Morgan fingerprint density at radius 2 is 0.971 bits per heavy atom. The van der Waals surface area contributed by atoms with Crippen LogP contribution in [-0.4, -0.2) is 25.2 Å². The summed E-state index contributed by atoms with van der Waals surface area (Å²) in [6.45, 7) is 8.77. The zero-order valence-electron chi connectivity index (χ0n) is 38.5. The van der Waals surface area contributed by atoms with Gasteiger partial charge in [0.25, 0.3) is 0 Å². The first-order valence-corrected chi connectivity index (χ1v) is 23.2. The number of hydrogen-bond acceptors (Lipinski definition) is 4. The number of hydrogen-bond donors (Lipinski definition) is 0. The molecule has 0 N–H and O–H groups in total. The van der Waals surface area contributed by atoms with Crippen LogP contribution >= 0.6 is 0 Å². The Hall–Kier alpha value is -9.06. The van der Waals surface area contributed by atoms with Crippen molar-refractivity contribution in [2.75, 3.05) is 0 Å². The quantitative estimate of drug-likeness (QED) is 0.122. The van der Waals surface area contributed by atoms with Gasteiger partial charge in [-0.15, -0.1) is 0 Å². The lowest BCUT2D eigenvalue weighted by atomic mass is 9.96. The number of aliphatic imine (C=N–C) groups is 1. The highest BCUT2D eigenvalue weighted by Crippen LogP contribution is 2.42. The summed E-state index contributed by atoms with van der Waals surface area (Å²) in [6, 6.07) is 80.3. The van der Waals surface area contributed by atoms with Gasteiger partial charge in [0.1, 0.15) is 0 Å². The summed E-state index contributed by atoms with van der Waals surface area (Å²) in [4.78, 5) is 20.6. The van der Waals surface area contributed by atoms with Crippen LogP contribution in [0.5, 0.6) is 0 Å². The molecule has 0 saturated heterocycles. The van der Waals surface area contributed by atoms with Crippen LogP contribution in [0.2, 0.25) is 0 Å². The molecule has 5 heteroatoms. The number of fused-ring (bicyclic) bond motifs is 3. The molecule has 0 spiro atoms. The number of allylic oxidation sites excluding steroid dienone is 2. The highest BCUT2D eigenvalue weighted by Gasteiger charge is 2.21. The normalized spacial score (nSPS) is 11.9. The lowest BCUT2D eigenvalue weighted by molar-refractivity contribution is 1.07. The first-order valence-electron chi connectivity index (χ1n) is 23.2. The second-order valence-corrected chi connectivity index (χ2v) is 17.3. The van der Waals surface area contributed by atoms with E-state index in [-0.39, 0.29) is 0 Å². The van der Waals surface area contributed by atoms with E-state index in [0.717, 1.165) is 66.9 Å². The first-order chi connectivity index (χ1) is 33.9. The minimum absolute atomic E-state index is 0.581. The summed E-state index contributed by atoms with van der Waals surface area (Å²) in [5.41, 5.74) is 17.3. The average Bonchev–Trinajstić information content (AvgIpc) is 3.75. The van der Waals surface area contributed by atoms with Crippen molar-refractivity contribution < 1.29 is 0 Å². The SMILES string of the molecule is C=C(N=C(/C=C(\C)c1cc(-c2nc(-c3ccccc3)nc(-c3ccccc3)n2)ccc1-n1c2cc(C)ccc2c2c(-c3ccc(-c4ccccc4)cc3)cccc21)c1ccccc1)c1ccccc1. The predicted octanol–water partition coefficient (Wildman–Crippen LogP) is 16.2. The van der Waals surface area contributed by atoms with Crippen LogP contribution in [0.3, 0.4) is 0 Å². The maximum absolute atomic E-state index is 5.23.